The molecule has 0 aliphatic rings. The number of pyridine rings is 2. The second-order valence-electron chi connectivity index (χ2n) is 10.4. The van der Waals surface area contributed by atoms with Crippen molar-refractivity contribution < 1.29 is 19.0 Å². The van der Waals surface area contributed by atoms with Crippen LogP contribution in [-0.2, 0) is 11.5 Å². The Morgan fingerprint density at radius 1 is 1.14 bits per heavy atom. The van der Waals surface area contributed by atoms with Crippen molar-refractivity contribution in [1.82, 2.24) is 24.8 Å². The van der Waals surface area contributed by atoms with E-state index in [0.29, 0.717) is 43.0 Å². The third-order valence-corrected chi connectivity index (χ3v) is 7.52. The zero-order valence-corrected chi connectivity index (χ0v) is 24.1. The third-order valence-electron chi connectivity index (χ3n) is 5.82. The number of ether oxygens (including phenoxy) is 3. The van der Waals surface area contributed by atoms with Gasteiger partial charge in [0, 0.05) is 44.6 Å². The van der Waals surface area contributed by atoms with E-state index in [1.165, 1.54) is 0 Å². The van der Waals surface area contributed by atoms with Gasteiger partial charge >= 0.3 is 6.03 Å². The number of nitrogens with zero attached hydrogens (tertiary/aromatic N) is 4. The molecule has 0 fully saturated rings. The van der Waals surface area contributed by atoms with E-state index < -0.39 is 8.07 Å². The summed E-state index contributed by atoms with van der Waals surface area (Å²) in [4.78, 5) is 23.7. The molecule has 0 aliphatic carbocycles. The largest absolute Gasteiger partial charge is 0.496 e. The van der Waals surface area contributed by atoms with Gasteiger partial charge in [-0.05, 0) is 51.3 Å². The van der Waals surface area contributed by atoms with Crippen molar-refractivity contribution in [2.24, 2.45) is 0 Å². The summed E-state index contributed by atoms with van der Waals surface area (Å²) in [7, 11) is 6.00. The summed E-state index contributed by atoms with van der Waals surface area (Å²) in [5, 5.41) is 6.60. The van der Waals surface area contributed by atoms with Gasteiger partial charge in [-0.2, -0.15) is 0 Å². The molecule has 202 valence electrons. The van der Waals surface area contributed by atoms with Crippen molar-refractivity contribution in [3.63, 3.8) is 0 Å². The number of methoxy groups -OCH3 is 2. The first-order valence-electron chi connectivity index (χ1n) is 12.5. The molecule has 3 rings (SSSR count). The predicted octanol–water partition coefficient (Wildman–Crippen LogP) is 4.50. The summed E-state index contributed by atoms with van der Waals surface area (Å²) in [5.74, 6) is 1.55. The van der Waals surface area contributed by atoms with Gasteiger partial charge in [0.05, 0.1) is 19.8 Å². The molecule has 0 atom stereocenters. The number of amides is 2. The molecular formula is C26H40N6O4Si. The van der Waals surface area contributed by atoms with Crippen molar-refractivity contribution >= 4 is 31.0 Å². The van der Waals surface area contributed by atoms with Gasteiger partial charge in [0.25, 0.3) is 0 Å². The van der Waals surface area contributed by atoms with Gasteiger partial charge in [0.1, 0.15) is 23.9 Å². The molecule has 0 radical (unpaired) electrons. The van der Waals surface area contributed by atoms with Gasteiger partial charge < -0.3 is 29.0 Å². The predicted molar refractivity (Wildman–Crippen MR) is 150 cm³/mol. The summed E-state index contributed by atoms with van der Waals surface area (Å²) >= 11 is 0. The lowest BCUT2D eigenvalue weighted by atomic mass is 10.1. The van der Waals surface area contributed by atoms with E-state index in [9.17, 15) is 4.79 Å². The number of carbonyl (C=O) groups excluding carboxylic acids is 1. The number of aromatic nitrogens is 3. The van der Waals surface area contributed by atoms with Crippen LogP contribution in [0.25, 0.3) is 22.2 Å². The van der Waals surface area contributed by atoms with Crippen LogP contribution in [0.3, 0.4) is 0 Å². The summed E-state index contributed by atoms with van der Waals surface area (Å²) < 4.78 is 19.2. The van der Waals surface area contributed by atoms with Gasteiger partial charge in [-0.1, -0.05) is 19.6 Å². The van der Waals surface area contributed by atoms with Crippen LogP contribution in [0.1, 0.15) is 6.42 Å². The van der Waals surface area contributed by atoms with E-state index in [0.717, 1.165) is 35.5 Å². The molecule has 0 saturated heterocycles. The fraction of sp³-hybridized carbons (Fsp3) is 0.500. The maximum Gasteiger partial charge on any atom is 0.320 e. The van der Waals surface area contributed by atoms with Gasteiger partial charge in [0.15, 0.2) is 0 Å². The fourth-order valence-corrected chi connectivity index (χ4v) is 4.59. The Bertz CT molecular complexity index is 1170. The molecular weight excluding hydrogens is 488 g/mol. The molecule has 0 unspecified atom stereocenters. The molecule has 10 nitrogen and oxygen atoms in total. The lowest BCUT2D eigenvalue weighted by Crippen LogP contribution is -2.31. The molecule has 0 aromatic carbocycles. The molecule has 2 amide bonds. The van der Waals surface area contributed by atoms with Gasteiger partial charge in [-0.15, -0.1) is 0 Å². The number of urea groups is 1. The Morgan fingerprint density at radius 3 is 2.59 bits per heavy atom. The minimum absolute atomic E-state index is 0.286. The monoisotopic (exact) mass is 528 g/mol. The van der Waals surface area contributed by atoms with E-state index in [1.54, 1.807) is 32.5 Å². The molecule has 3 aromatic heterocycles. The number of carbonyl (C=O) groups is 1. The maximum atomic E-state index is 12.4. The Hall–Kier alpha value is -3.15. The first-order chi connectivity index (χ1) is 17.6. The van der Waals surface area contributed by atoms with Crippen LogP contribution in [0.4, 0.5) is 10.6 Å². The van der Waals surface area contributed by atoms with Crippen LogP contribution >= 0.6 is 0 Å². The standard InChI is InChI=1S/C26H40N6O4Si/c1-31(2)14-8-12-28-26(33)30-22-10-9-19-20(23-21(34-3)11-13-27-25(23)35-4)17-32(24(19)29-22)18-36-15-16-37(5,6)7/h9-11,13,17H,8,12,14-16,18H2,1-7H3,(H2,28,29,30,33). The minimum atomic E-state index is -1.22. The second-order valence-corrected chi connectivity index (χ2v) is 16.0. The van der Waals surface area contributed by atoms with Crippen LogP contribution < -0.4 is 20.1 Å². The molecule has 11 heteroatoms. The quantitative estimate of drug-likeness (QED) is 0.249. The van der Waals surface area contributed by atoms with E-state index in [4.69, 9.17) is 19.2 Å². The average Bonchev–Trinajstić information content (AvgIpc) is 3.20. The highest BCUT2D eigenvalue weighted by Crippen LogP contribution is 2.41. The lowest BCUT2D eigenvalue weighted by molar-refractivity contribution is 0.0899. The number of hydrogen-bond acceptors (Lipinski definition) is 7. The maximum absolute atomic E-state index is 12.4. The third kappa shape index (κ3) is 7.91. The highest BCUT2D eigenvalue weighted by molar-refractivity contribution is 6.76. The number of nitrogens with one attached hydrogen (secondary N) is 2. The SMILES string of the molecule is COc1ccnc(OC)c1-c1cn(COCC[Si](C)(C)C)c2nc(NC(=O)NCCCN(C)C)ccc12. The zero-order valence-electron chi connectivity index (χ0n) is 23.1. The van der Waals surface area contributed by atoms with Gasteiger partial charge in [0.2, 0.25) is 5.88 Å². The number of hydrogen-bond donors (Lipinski definition) is 2. The van der Waals surface area contributed by atoms with Crippen LogP contribution in [0.5, 0.6) is 11.6 Å². The van der Waals surface area contributed by atoms with Crippen molar-refractivity contribution in [2.75, 3.05) is 53.3 Å². The summed E-state index contributed by atoms with van der Waals surface area (Å²) in [6, 6.07) is 6.30. The molecule has 0 bridgehead atoms. The molecule has 0 saturated carbocycles. The van der Waals surface area contributed by atoms with Crippen LogP contribution in [-0.4, -0.2) is 81.6 Å². The Labute approximate surface area is 220 Å². The fourth-order valence-electron chi connectivity index (χ4n) is 3.83. The Kier molecular flexibility index (Phi) is 9.90. The van der Waals surface area contributed by atoms with Crippen molar-refractivity contribution in [3.05, 3.63) is 30.6 Å². The smallest absolute Gasteiger partial charge is 0.320 e. The van der Waals surface area contributed by atoms with E-state index in [1.807, 2.05) is 30.9 Å². The lowest BCUT2D eigenvalue weighted by Gasteiger charge is -2.15. The summed E-state index contributed by atoms with van der Waals surface area (Å²) in [6.07, 6.45) is 4.49. The van der Waals surface area contributed by atoms with Crippen molar-refractivity contribution in [1.29, 1.82) is 0 Å². The normalized spacial score (nSPS) is 11.7. The number of anilines is 1. The molecule has 3 aromatic rings. The molecule has 37 heavy (non-hydrogen) atoms. The van der Waals surface area contributed by atoms with E-state index >= 15 is 0 Å². The number of fused-ring (bicyclic) bond motifs is 1. The van der Waals surface area contributed by atoms with Gasteiger partial charge in [-0.25, -0.2) is 14.8 Å². The average molecular weight is 529 g/mol. The van der Waals surface area contributed by atoms with Crippen molar-refractivity contribution in [3.8, 4) is 22.8 Å². The van der Waals surface area contributed by atoms with Gasteiger partial charge in [-0.3, -0.25) is 5.32 Å². The van der Waals surface area contributed by atoms with E-state index in [2.05, 4.69) is 40.2 Å². The Balaban J connectivity index is 1.92. The topological polar surface area (TPSA) is 103 Å². The molecule has 0 aliphatic heterocycles. The summed E-state index contributed by atoms with van der Waals surface area (Å²) in [6.45, 7) is 9.47. The highest BCUT2D eigenvalue weighted by atomic mass is 28.3. The first kappa shape index (κ1) is 28.4. The first-order valence-corrected chi connectivity index (χ1v) is 16.2. The van der Waals surface area contributed by atoms with E-state index in [-0.39, 0.29) is 6.03 Å². The molecule has 0 spiro atoms. The highest BCUT2D eigenvalue weighted by Gasteiger charge is 2.21. The van der Waals surface area contributed by atoms with Crippen molar-refractivity contribution in [2.45, 2.75) is 38.8 Å². The number of rotatable bonds is 13. The zero-order chi connectivity index (χ0) is 27.0. The van der Waals surface area contributed by atoms with Crippen LogP contribution in [0.15, 0.2) is 30.6 Å². The molecule has 3 heterocycles. The minimum Gasteiger partial charge on any atom is -0.496 e. The van der Waals surface area contributed by atoms with Crippen LogP contribution in [0.2, 0.25) is 25.7 Å². The Morgan fingerprint density at radius 2 is 1.92 bits per heavy atom. The second kappa shape index (κ2) is 12.9. The summed E-state index contributed by atoms with van der Waals surface area (Å²) in [5.41, 5.74) is 2.28. The van der Waals surface area contributed by atoms with Crippen LogP contribution in [0, 0.1) is 0 Å². The molecule has 2 N–H and O–H groups in total.